The maximum Gasteiger partial charge on any atom is 0.274 e. The average Bonchev–Trinajstić information content (AvgIpc) is 2.95. The van der Waals surface area contributed by atoms with Crippen LogP contribution in [0, 0.1) is 0 Å². The second kappa shape index (κ2) is 5.38. The van der Waals surface area contributed by atoms with E-state index in [9.17, 15) is 4.79 Å². The van der Waals surface area contributed by atoms with Crippen molar-refractivity contribution in [3.05, 3.63) is 53.9 Å². The van der Waals surface area contributed by atoms with Crippen LogP contribution in [0.15, 0.2) is 42.5 Å². The average molecular weight is 281 g/mol. The maximum atomic E-state index is 11.1. The summed E-state index contributed by atoms with van der Waals surface area (Å²) in [4.78, 5) is 18.5. The first-order valence-electron chi connectivity index (χ1n) is 6.75. The molecule has 21 heavy (non-hydrogen) atoms. The number of nitrogens with one attached hydrogen (secondary N) is 2. The summed E-state index contributed by atoms with van der Waals surface area (Å²) in [7, 11) is 0. The Kier molecular flexibility index (Phi) is 3.41. The van der Waals surface area contributed by atoms with Gasteiger partial charge in [0.2, 0.25) is 0 Å². The van der Waals surface area contributed by atoms with E-state index < -0.39 is 5.91 Å². The van der Waals surface area contributed by atoms with Crippen LogP contribution in [0.1, 0.15) is 23.1 Å². The standard InChI is InChI=1S/C10H11N3O2.C6H4/c1-2-9-11-7-4-3-6(10(14)13-15)5-8(7)12-9;1-2-5-4-6(5)3-1/h3-5,15H,2H2,1H3,(H,11,12)(H,13,14);1-4H. The highest BCUT2D eigenvalue weighted by molar-refractivity contribution is 5.96. The molecule has 0 bridgehead atoms. The van der Waals surface area contributed by atoms with E-state index in [2.05, 4.69) is 34.2 Å². The van der Waals surface area contributed by atoms with E-state index in [1.165, 1.54) is 11.1 Å². The van der Waals surface area contributed by atoms with Gasteiger partial charge >= 0.3 is 0 Å². The lowest BCUT2D eigenvalue weighted by Crippen LogP contribution is -2.18. The molecular formula is C16H15N3O2. The molecule has 0 fully saturated rings. The molecule has 1 aromatic heterocycles. The van der Waals surface area contributed by atoms with Crippen LogP contribution in [0.5, 0.6) is 0 Å². The first kappa shape index (κ1) is 13.3. The van der Waals surface area contributed by atoms with Crippen molar-refractivity contribution in [1.82, 2.24) is 15.4 Å². The minimum atomic E-state index is -0.524. The van der Waals surface area contributed by atoms with Gasteiger partial charge in [0.25, 0.3) is 5.91 Å². The largest absolute Gasteiger partial charge is 0.342 e. The zero-order valence-electron chi connectivity index (χ0n) is 11.6. The van der Waals surface area contributed by atoms with Crippen molar-refractivity contribution in [3.8, 4) is 11.1 Å². The van der Waals surface area contributed by atoms with Crippen molar-refractivity contribution in [2.45, 2.75) is 13.3 Å². The summed E-state index contributed by atoms with van der Waals surface area (Å²) in [6.45, 7) is 2.00. The van der Waals surface area contributed by atoms with Crippen molar-refractivity contribution < 1.29 is 10.0 Å². The maximum absolute atomic E-state index is 11.1. The lowest BCUT2D eigenvalue weighted by atomic mass is 10.2. The third kappa shape index (κ3) is 2.78. The van der Waals surface area contributed by atoms with Gasteiger partial charge in [-0.2, -0.15) is 0 Å². The number of benzene rings is 2. The second-order valence-electron chi connectivity index (χ2n) is 4.79. The van der Waals surface area contributed by atoms with E-state index in [0.29, 0.717) is 5.56 Å². The summed E-state index contributed by atoms with van der Waals surface area (Å²) >= 11 is 0. The van der Waals surface area contributed by atoms with Crippen molar-refractivity contribution in [1.29, 1.82) is 0 Å². The van der Waals surface area contributed by atoms with Gasteiger partial charge in [-0.05, 0) is 35.4 Å². The molecule has 1 aromatic carbocycles. The number of hydrogen-bond donors (Lipinski definition) is 3. The summed E-state index contributed by atoms with van der Waals surface area (Å²) in [5.74, 6) is 0.358. The first-order valence-corrected chi connectivity index (χ1v) is 6.75. The SMILES string of the molecule is CCc1nc2ccc(C(=O)NO)cc2[nH]1.c1cc2cc-2c1. The predicted octanol–water partition coefficient (Wildman–Crippen LogP) is 2.91. The summed E-state index contributed by atoms with van der Waals surface area (Å²) < 4.78 is 0. The number of amides is 1. The number of imidazole rings is 1. The number of aryl methyl sites for hydroxylation is 1. The van der Waals surface area contributed by atoms with E-state index in [1.54, 1.807) is 23.7 Å². The van der Waals surface area contributed by atoms with Crippen molar-refractivity contribution in [2.24, 2.45) is 0 Å². The molecule has 4 rings (SSSR count). The molecule has 5 heteroatoms. The third-order valence-corrected chi connectivity index (χ3v) is 3.34. The van der Waals surface area contributed by atoms with Crippen LogP contribution in [0.2, 0.25) is 0 Å². The summed E-state index contributed by atoms with van der Waals surface area (Å²) in [5, 5.41) is 8.49. The van der Waals surface area contributed by atoms with Crippen molar-refractivity contribution >= 4 is 16.9 Å². The molecule has 106 valence electrons. The molecule has 5 nitrogen and oxygen atoms in total. The highest BCUT2D eigenvalue weighted by Gasteiger charge is 2.07. The lowest BCUT2D eigenvalue weighted by Gasteiger charge is -1.97. The number of H-pyrrole nitrogens is 1. The van der Waals surface area contributed by atoms with Gasteiger partial charge in [-0.25, -0.2) is 10.5 Å². The van der Waals surface area contributed by atoms with Gasteiger partial charge in [-0.1, -0.05) is 25.1 Å². The molecule has 0 saturated carbocycles. The summed E-state index contributed by atoms with van der Waals surface area (Å²) in [6.07, 6.45) is 0.816. The minimum absolute atomic E-state index is 0.399. The van der Waals surface area contributed by atoms with E-state index in [-0.39, 0.29) is 0 Å². The fourth-order valence-electron chi connectivity index (χ4n) is 2.11. The number of hydrogen-bond acceptors (Lipinski definition) is 3. The van der Waals surface area contributed by atoms with Crippen LogP contribution in [-0.2, 0) is 6.42 Å². The van der Waals surface area contributed by atoms with Crippen molar-refractivity contribution in [3.63, 3.8) is 0 Å². The van der Waals surface area contributed by atoms with Gasteiger partial charge in [-0.15, -0.1) is 0 Å². The molecule has 2 aromatic rings. The van der Waals surface area contributed by atoms with Gasteiger partial charge < -0.3 is 4.98 Å². The van der Waals surface area contributed by atoms with Gasteiger partial charge in [0.1, 0.15) is 5.82 Å². The predicted molar refractivity (Wildman–Crippen MR) is 80.2 cm³/mol. The van der Waals surface area contributed by atoms with Crippen LogP contribution in [0.25, 0.3) is 22.2 Å². The molecule has 0 saturated heterocycles. The number of fused-ring (bicyclic) bond motifs is 2. The molecule has 0 radical (unpaired) electrons. The number of carbonyl (C=O) groups is 1. The van der Waals surface area contributed by atoms with Crippen LogP contribution < -0.4 is 5.48 Å². The second-order valence-corrected chi connectivity index (χ2v) is 4.79. The summed E-state index contributed by atoms with van der Waals surface area (Å²) in [6, 6.07) is 13.5. The number of carbonyl (C=O) groups excluding carboxylic acids is 1. The fraction of sp³-hybridized carbons (Fsp3) is 0.125. The first-order chi connectivity index (χ1) is 10.2. The molecule has 0 spiro atoms. The molecule has 1 heterocycles. The van der Waals surface area contributed by atoms with Crippen LogP contribution >= 0.6 is 0 Å². The third-order valence-electron chi connectivity index (χ3n) is 3.34. The Bertz CT molecular complexity index is 791. The zero-order valence-corrected chi connectivity index (χ0v) is 11.6. The molecular weight excluding hydrogens is 266 g/mol. The Morgan fingerprint density at radius 1 is 1.24 bits per heavy atom. The Morgan fingerprint density at radius 2 is 2.00 bits per heavy atom. The van der Waals surface area contributed by atoms with E-state index in [0.717, 1.165) is 23.3 Å². The van der Waals surface area contributed by atoms with E-state index in [4.69, 9.17) is 5.21 Å². The molecule has 2 aliphatic rings. The fourth-order valence-corrected chi connectivity index (χ4v) is 2.11. The Morgan fingerprint density at radius 3 is 2.52 bits per heavy atom. The Balaban J connectivity index is 0.000000180. The number of hydroxylamine groups is 1. The monoisotopic (exact) mass is 281 g/mol. The van der Waals surface area contributed by atoms with Crippen LogP contribution in [0.3, 0.4) is 0 Å². The lowest BCUT2D eigenvalue weighted by molar-refractivity contribution is 0.0706. The Hall–Kier alpha value is -2.66. The zero-order chi connectivity index (χ0) is 14.8. The van der Waals surface area contributed by atoms with Gasteiger partial charge in [0, 0.05) is 12.0 Å². The van der Waals surface area contributed by atoms with Gasteiger partial charge in [0.05, 0.1) is 11.0 Å². The highest BCUT2D eigenvalue weighted by Crippen LogP contribution is 2.32. The number of aromatic amines is 1. The quantitative estimate of drug-likeness (QED) is 0.390. The number of rotatable bonds is 2. The molecule has 0 unspecified atom stereocenters. The van der Waals surface area contributed by atoms with E-state index >= 15 is 0 Å². The topological polar surface area (TPSA) is 78.0 Å². The summed E-state index contributed by atoms with van der Waals surface area (Å²) in [5.41, 5.74) is 6.46. The van der Waals surface area contributed by atoms with Crippen LogP contribution in [0.4, 0.5) is 0 Å². The molecule has 3 N–H and O–H groups in total. The normalized spacial score (nSPS) is 10.8. The van der Waals surface area contributed by atoms with Crippen LogP contribution in [-0.4, -0.2) is 21.1 Å². The van der Waals surface area contributed by atoms with E-state index in [1.807, 2.05) is 6.92 Å². The van der Waals surface area contributed by atoms with Gasteiger partial charge in [-0.3, -0.25) is 10.0 Å². The molecule has 2 aliphatic carbocycles. The molecule has 1 amide bonds. The number of nitrogens with zero attached hydrogens (tertiary/aromatic N) is 1. The Labute approximate surface area is 121 Å². The van der Waals surface area contributed by atoms with Crippen molar-refractivity contribution in [2.75, 3.05) is 0 Å². The molecule has 0 aliphatic heterocycles. The minimum Gasteiger partial charge on any atom is -0.342 e. The highest BCUT2D eigenvalue weighted by atomic mass is 16.5. The van der Waals surface area contributed by atoms with Gasteiger partial charge in [0.15, 0.2) is 0 Å². The number of aromatic nitrogens is 2. The smallest absolute Gasteiger partial charge is 0.274 e. The molecule has 0 atom stereocenters.